The third-order valence-corrected chi connectivity index (χ3v) is 3.38. The zero-order valence-corrected chi connectivity index (χ0v) is 12.3. The van der Waals surface area contributed by atoms with Crippen LogP contribution in [0, 0.1) is 5.41 Å². The Kier molecular flexibility index (Phi) is 5.14. The first-order chi connectivity index (χ1) is 9.48. The monoisotopic (exact) mass is 309 g/mol. The van der Waals surface area contributed by atoms with E-state index in [1.807, 2.05) is 0 Å². The molecular weight excluding hydrogens is 288 g/mol. The van der Waals surface area contributed by atoms with Crippen LogP contribution in [0.5, 0.6) is 0 Å². The number of hydrogen-bond donors (Lipinski definition) is 2. The number of carboxylic acid groups (broad SMARTS) is 1. The van der Waals surface area contributed by atoms with Gasteiger partial charge in [-0.3, -0.25) is 4.79 Å². The number of halogens is 2. The molecule has 2 atom stereocenters. The number of alkyl halides is 2. The minimum Gasteiger partial charge on any atom is -0.481 e. The van der Waals surface area contributed by atoms with Crippen molar-refractivity contribution in [2.75, 3.05) is 13.1 Å². The van der Waals surface area contributed by atoms with E-state index >= 15 is 0 Å². The normalized spacial score (nSPS) is 26.8. The van der Waals surface area contributed by atoms with Crippen molar-refractivity contribution in [3.8, 4) is 0 Å². The molecule has 21 heavy (non-hydrogen) atoms. The third-order valence-electron chi connectivity index (χ3n) is 3.38. The quantitative estimate of drug-likeness (QED) is 0.829. The van der Waals surface area contributed by atoms with Crippen LogP contribution < -0.4 is 0 Å². The highest BCUT2D eigenvalue weighted by atomic mass is 19.3. The summed E-state index contributed by atoms with van der Waals surface area (Å²) in [5.74, 6) is -1.54. The summed E-state index contributed by atoms with van der Waals surface area (Å²) in [7, 11) is 0. The first-order valence-corrected chi connectivity index (χ1v) is 6.65. The van der Waals surface area contributed by atoms with Crippen LogP contribution in [0.2, 0.25) is 0 Å². The summed E-state index contributed by atoms with van der Waals surface area (Å²) in [6, 6.07) is 0. The average molecular weight is 309 g/mol. The second-order valence-corrected chi connectivity index (χ2v) is 6.26. The molecule has 0 aromatic heterocycles. The van der Waals surface area contributed by atoms with Crippen molar-refractivity contribution in [1.82, 2.24) is 4.90 Å². The molecule has 0 aromatic rings. The van der Waals surface area contributed by atoms with Gasteiger partial charge in [-0.1, -0.05) is 0 Å². The van der Waals surface area contributed by atoms with Gasteiger partial charge in [0.25, 0.3) is 0 Å². The van der Waals surface area contributed by atoms with Gasteiger partial charge in [0.2, 0.25) is 6.43 Å². The number of hydrogen-bond acceptors (Lipinski definition) is 4. The standard InChI is InChI=1S/C13H21F2NO5/c1-12(2,3)21-11(20)16-5-4-8(17)13(7-16,10(18)19)6-9(14)15/h8-9,17H,4-7H2,1-3H3,(H,18,19). The van der Waals surface area contributed by atoms with Crippen LogP contribution in [0.15, 0.2) is 0 Å². The molecule has 0 radical (unpaired) electrons. The Labute approximate surface area is 121 Å². The summed E-state index contributed by atoms with van der Waals surface area (Å²) in [6.45, 7) is 4.50. The van der Waals surface area contributed by atoms with Gasteiger partial charge in [0.1, 0.15) is 11.0 Å². The second-order valence-electron chi connectivity index (χ2n) is 6.26. The van der Waals surface area contributed by atoms with E-state index in [0.717, 1.165) is 4.90 Å². The molecular formula is C13H21F2NO5. The van der Waals surface area contributed by atoms with Crippen LogP contribution in [0.1, 0.15) is 33.6 Å². The van der Waals surface area contributed by atoms with Crippen molar-refractivity contribution in [2.24, 2.45) is 5.41 Å². The summed E-state index contributed by atoms with van der Waals surface area (Å²) in [4.78, 5) is 24.4. The van der Waals surface area contributed by atoms with E-state index in [0.29, 0.717) is 0 Å². The van der Waals surface area contributed by atoms with Crippen molar-refractivity contribution in [2.45, 2.75) is 51.7 Å². The van der Waals surface area contributed by atoms with E-state index in [1.54, 1.807) is 20.8 Å². The van der Waals surface area contributed by atoms with Crippen LogP contribution in [-0.4, -0.2) is 58.4 Å². The van der Waals surface area contributed by atoms with Crippen molar-refractivity contribution in [3.63, 3.8) is 0 Å². The van der Waals surface area contributed by atoms with E-state index < -0.39 is 48.6 Å². The number of carbonyl (C=O) groups excluding carboxylic acids is 1. The zero-order valence-electron chi connectivity index (χ0n) is 12.3. The molecule has 1 aliphatic heterocycles. The van der Waals surface area contributed by atoms with Gasteiger partial charge < -0.3 is 19.8 Å². The first-order valence-electron chi connectivity index (χ1n) is 6.65. The van der Waals surface area contributed by atoms with Gasteiger partial charge in [-0.05, 0) is 27.2 Å². The highest BCUT2D eigenvalue weighted by Gasteiger charge is 2.52. The van der Waals surface area contributed by atoms with Crippen LogP contribution in [0.25, 0.3) is 0 Å². The maximum Gasteiger partial charge on any atom is 0.410 e. The minimum absolute atomic E-state index is 0.0638. The number of carbonyl (C=O) groups is 2. The van der Waals surface area contributed by atoms with Crippen molar-refractivity contribution in [1.29, 1.82) is 0 Å². The number of nitrogens with zero attached hydrogens (tertiary/aromatic N) is 1. The van der Waals surface area contributed by atoms with Gasteiger partial charge in [-0.25, -0.2) is 13.6 Å². The van der Waals surface area contributed by atoms with E-state index in [1.165, 1.54) is 0 Å². The number of aliphatic carboxylic acids is 1. The van der Waals surface area contributed by atoms with E-state index in [4.69, 9.17) is 4.74 Å². The molecule has 0 saturated carbocycles. The van der Waals surface area contributed by atoms with Gasteiger partial charge >= 0.3 is 12.1 Å². The van der Waals surface area contributed by atoms with Crippen LogP contribution >= 0.6 is 0 Å². The highest BCUT2D eigenvalue weighted by molar-refractivity contribution is 5.78. The number of likely N-dealkylation sites (tertiary alicyclic amines) is 1. The average Bonchev–Trinajstić information content (AvgIpc) is 2.28. The summed E-state index contributed by atoms with van der Waals surface area (Å²) < 4.78 is 30.5. The van der Waals surface area contributed by atoms with E-state index in [2.05, 4.69) is 0 Å². The second kappa shape index (κ2) is 6.13. The summed E-state index contributed by atoms with van der Waals surface area (Å²) in [5.41, 5.74) is -2.84. The van der Waals surface area contributed by atoms with Crippen molar-refractivity contribution >= 4 is 12.1 Å². The van der Waals surface area contributed by atoms with Crippen LogP contribution in [-0.2, 0) is 9.53 Å². The summed E-state index contributed by atoms with van der Waals surface area (Å²) in [5, 5.41) is 19.1. The van der Waals surface area contributed by atoms with Crippen LogP contribution in [0.4, 0.5) is 13.6 Å². The molecule has 1 saturated heterocycles. The fourth-order valence-corrected chi connectivity index (χ4v) is 2.34. The molecule has 8 heteroatoms. The molecule has 1 amide bonds. The Morgan fingerprint density at radius 3 is 2.43 bits per heavy atom. The van der Waals surface area contributed by atoms with Gasteiger partial charge in [0.05, 0.1) is 6.10 Å². The van der Waals surface area contributed by atoms with Gasteiger partial charge in [0.15, 0.2) is 0 Å². The largest absolute Gasteiger partial charge is 0.481 e. The smallest absolute Gasteiger partial charge is 0.410 e. The molecule has 6 nitrogen and oxygen atoms in total. The molecule has 0 spiro atoms. The lowest BCUT2D eigenvalue weighted by Crippen LogP contribution is -2.58. The fourth-order valence-electron chi connectivity index (χ4n) is 2.34. The van der Waals surface area contributed by atoms with E-state index in [9.17, 15) is 28.6 Å². The molecule has 1 rings (SSSR count). The predicted octanol–water partition coefficient (Wildman–Crippen LogP) is 1.71. The number of aliphatic hydroxyl groups is 1. The van der Waals surface area contributed by atoms with Gasteiger partial charge in [-0.2, -0.15) is 0 Å². The third kappa shape index (κ3) is 4.26. The fraction of sp³-hybridized carbons (Fsp3) is 0.846. The molecule has 0 aromatic carbocycles. The molecule has 1 aliphatic rings. The highest BCUT2D eigenvalue weighted by Crippen LogP contribution is 2.37. The van der Waals surface area contributed by atoms with Crippen LogP contribution in [0.3, 0.4) is 0 Å². The maximum atomic E-state index is 12.7. The SMILES string of the molecule is CC(C)(C)OC(=O)N1CCC(O)C(CC(F)F)(C(=O)O)C1. The Morgan fingerprint density at radius 1 is 1.43 bits per heavy atom. The Balaban J connectivity index is 2.94. The first kappa shape index (κ1) is 17.6. The Bertz CT molecular complexity index is 410. The van der Waals surface area contributed by atoms with Crippen molar-refractivity contribution in [3.05, 3.63) is 0 Å². The number of piperidine rings is 1. The van der Waals surface area contributed by atoms with Crippen molar-refractivity contribution < 1.29 is 33.3 Å². The molecule has 1 heterocycles. The van der Waals surface area contributed by atoms with E-state index in [-0.39, 0.29) is 13.0 Å². The molecule has 2 unspecified atom stereocenters. The molecule has 0 bridgehead atoms. The molecule has 122 valence electrons. The lowest BCUT2D eigenvalue weighted by Gasteiger charge is -2.43. The lowest BCUT2D eigenvalue weighted by atomic mass is 9.75. The zero-order chi connectivity index (χ0) is 16.4. The molecule has 1 fully saturated rings. The minimum atomic E-state index is -2.89. The number of amides is 1. The topological polar surface area (TPSA) is 87.1 Å². The maximum absolute atomic E-state index is 12.7. The Morgan fingerprint density at radius 2 is 2.00 bits per heavy atom. The predicted molar refractivity (Wildman–Crippen MR) is 69.1 cm³/mol. The number of rotatable bonds is 3. The number of carboxylic acids is 1. The molecule has 2 N–H and O–H groups in total. The summed E-state index contributed by atoms with van der Waals surface area (Å²) >= 11 is 0. The summed E-state index contributed by atoms with van der Waals surface area (Å²) in [6.07, 6.45) is -6.19. The van der Waals surface area contributed by atoms with Gasteiger partial charge in [0, 0.05) is 19.5 Å². The number of ether oxygens (including phenoxy) is 1. The number of aliphatic hydroxyl groups excluding tert-OH is 1. The Hall–Kier alpha value is -1.44. The van der Waals surface area contributed by atoms with Gasteiger partial charge in [-0.15, -0.1) is 0 Å². The lowest BCUT2D eigenvalue weighted by molar-refractivity contribution is -0.167. The molecule has 0 aliphatic carbocycles.